The number of thiophene rings is 1. The fourth-order valence-corrected chi connectivity index (χ4v) is 4.00. The van der Waals surface area contributed by atoms with E-state index in [1.54, 1.807) is 0 Å². The maximum Gasteiger partial charge on any atom is 0.275 e. The normalized spacial score (nSPS) is 17.9. The Morgan fingerprint density at radius 2 is 2.22 bits per heavy atom. The van der Waals surface area contributed by atoms with E-state index >= 15 is 0 Å². The Bertz CT molecular complexity index is 463. The Hall–Kier alpha value is -0.760. The molecular formula is C11H17N3O2S2. The van der Waals surface area contributed by atoms with Gasteiger partial charge < -0.3 is 0 Å². The van der Waals surface area contributed by atoms with Crippen LogP contribution in [-0.2, 0) is 17.3 Å². The maximum absolute atomic E-state index is 11.4. The molecule has 0 bridgehead atoms. The van der Waals surface area contributed by atoms with Crippen molar-refractivity contribution in [1.82, 2.24) is 10.3 Å². The van der Waals surface area contributed by atoms with Gasteiger partial charge in [0.1, 0.15) is 0 Å². The van der Waals surface area contributed by atoms with Crippen LogP contribution in [0.5, 0.6) is 0 Å². The molecule has 3 N–H and O–H groups in total. The van der Waals surface area contributed by atoms with E-state index in [0.29, 0.717) is 4.88 Å². The lowest BCUT2D eigenvalue weighted by atomic mass is 10.2. The average Bonchev–Trinajstić information content (AvgIpc) is 2.73. The number of hydrogen-bond donors (Lipinski definition) is 2. The smallest absolute Gasteiger partial charge is 0.275 e. The number of carbonyl (C=O) groups is 1. The largest absolute Gasteiger partial charge is 0.297 e. The van der Waals surface area contributed by atoms with Crippen LogP contribution in [-0.4, -0.2) is 39.6 Å². The van der Waals surface area contributed by atoms with Gasteiger partial charge in [-0.2, -0.15) is 0 Å². The van der Waals surface area contributed by atoms with Crippen LogP contribution in [0.1, 0.15) is 20.1 Å². The quantitative estimate of drug-likeness (QED) is 0.474. The predicted molar refractivity (Wildman–Crippen MR) is 73.9 cm³/mol. The van der Waals surface area contributed by atoms with E-state index in [4.69, 9.17) is 5.84 Å². The molecule has 5 nitrogen and oxygen atoms in total. The molecule has 7 heteroatoms. The Labute approximate surface area is 113 Å². The van der Waals surface area contributed by atoms with Gasteiger partial charge in [0.15, 0.2) is 0 Å². The fourth-order valence-electron chi connectivity index (χ4n) is 1.93. The summed E-state index contributed by atoms with van der Waals surface area (Å²) in [6.45, 7) is 4.55. The summed E-state index contributed by atoms with van der Waals surface area (Å²) in [4.78, 5) is 15.5. The minimum absolute atomic E-state index is 0.242. The highest BCUT2D eigenvalue weighted by molar-refractivity contribution is 7.85. The Balaban J connectivity index is 2.03. The van der Waals surface area contributed by atoms with E-state index in [1.165, 1.54) is 11.3 Å². The summed E-state index contributed by atoms with van der Waals surface area (Å²) in [7, 11) is -0.647. The number of amides is 1. The molecule has 1 aromatic heterocycles. The van der Waals surface area contributed by atoms with Crippen molar-refractivity contribution < 1.29 is 9.00 Å². The average molecular weight is 287 g/mol. The highest BCUT2D eigenvalue weighted by Gasteiger charge is 2.18. The molecule has 2 heterocycles. The van der Waals surface area contributed by atoms with E-state index in [2.05, 4.69) is 10.3 Å². The standard InChI is InChI=1S/C11H17N3O2S2/c1-8-9(6-10(17-8)11(15)13-12)7-14-2-4-18(16)5-3-14/h6H,2-5,7,12H2,1H3,(H,13,15). The van der Waals surface area contributed by atoms with E-state index in [1.807, 2.05) is 13.0 Å². The lowest BCUT2D eigenvalue weighted by Crippen LogP contribution is -2.37. The molecule has 100 valence electrons. The van der Waals surface area contributed by atoms with Gasteiger partial charge in [0.2, 0.25) is 0 Å². The molecule has 1 amide bonds. The molecule has 0 saturated carbocycles. The van der Waals surface area contributed by atoms with Crippen LogP contribution in [0.15, 0.2) is 6.07 Å². The molecule has 0 radical (unpaired) electrons. The molecule has 1 saturated heterocycles. The maximum atomic E-state index is 11.4. The van der Waals surface area contributed by atoms with Crippen molar-refractivity contribution in [3.63, 3.8) is 0 Å². The number of nitrogens with one attached hydrogen (secondary N) is 1. The Kier molecular flexibility index (Phi) is 4.50. The number of nitrogens with two attached hydrogens (primary N) is 1. The number of hydrogen-bond acceptors (Lipinski definition) is 5. The summed E-state index contributed by atoms with van der Waals surface area (Å²) in [6.07, 6.45) is 0. The highest BCUT2D eigenvalue weighted by Crippen LogP contribution is 2.23. The van der Waals surface area contributed by atoms with Crippen molar-refractivity contribution in [3.8, 4) is 0 Å². The third-order valence-corrected chi connectivity index (χ3v) is 5.41. The summed E-state index contributed by atoms with van der Waals surface area (Å²) in [5.74, 6) is 6.38. The van der Waals surface area contributed by atoms with Crippen molar-refractivity contribution in [2.24, 2.45) is 5.84 Å². The van der Waals surface area contributed by atoms with Crippen LogP contribution >= 0.6 is 11.3 Å². The second-order valence-electron chi connectivity index (χ2n) is 4.29. The van der Waals surface area contributed by atoms with Gasteiger partial charge in [-0.25, -0.2) is 5.84 Å². The van der Waals surface area contributed by atoms with Gasteiger partial charge in [-0.15, -0.1) is 11.3 Å². The minimum atomic E-state index is -0.647. The predicted octanol–water partition coefficient (Wildman–Crippen LogP) is 0.224. The molecule has 0 spiro atoms. The van der Waals surface area contributed by atoms with E-state index in [-0.39, 0.29) is 5.91 Å². The summed E-state index contributed by atoms with van der Waals surface area (Å²) in [5, 5.41) is 0. The van der Waals surface area contributed by atoms with Crippen LogP contribution in [0.25, 0.3) is 0 Å². The highest BCUT2D eigenvalue weighted by atomic mass is 32.2. The van der Waals surface area contributed by atoms with Crippen molar-refractivity contribution in [1.29, 1.82) is 0 Å². The number of carbonyl (C=O) groups excluding carboxylic acids is 1. The molecule has 18 heavy (non-hydrogen) atoms. The molecule has 2 rings (SSSR count). The van der Waals surface area contributed by atoms with Crippen LogP contribution < -0.4 is 11.3 Å². The number of aryl methyl sites for hydroxylation is 1. The molecule has 1 aliphatic heterocycles. The van der Waals surface area contributed by atoms with Crippen molar-refractivity contribution in [2.75, 3.05) is 24.6 Å². The van der Waals surface area contributed by atoms with Gasteiger partial charge in [-0.05, 0) is 18.6 Å². The summed E-state index contributed by atoms with van der Waals surface area (Å²) in [5.41, 5.74) is 3.31. The molecule has 0 unspecified atom stereocenters. The third kappa shape index (κ3) is 3.17. The second-order valence-corrected chi connectivity index (χ2v) is 7.24. The van der Waals surface area contributed by atoms with Gasteiger partial charge >= 0.3 is 0 Å². The molecule has 1 aromatic rings. The second kappa shape index (κ2) is 5.92. The molecule has 0 aromatic carbocycles. The first-order chi connectivity index (χ1) is 8.60. The van der Waals surface area contributed by atoms with Crippen LogP contribution in [0, 0.1) is 6.92 Å². The van der Waals surface area contributed by atoms with Gasteiger partial charge in [0.25, 0.3) is 5.91 Å². The summed E-state index contributed by atoms with van der Waals surface area (Å²) in [6, 6.07) is 1.90. The SMILES string of the molecule is Cc1sc(C(=O)NN)cc1CN1CCS(=O)CC1. The molecule has 1 aliphatic rings. The Morgan fingerprint density at radius 3 is 2.83 bits per heavy atom. The van der Waals surface area contributed by atoms with Gasteiger partial charge in [0, 0.05) is 46.8 Å². The fraction of sp³-hybridized carbons (Fsp3) is 0.545. The third-order valence-electron chi connectivity index (χ3n) is 3.04. The van der Waals surface area contributed by atoms with Crippen molar-refractivity contribution in [3.05, 3.63) is 21.4 Å². The van der Waals surface area contributed by atoms with Gasteiger partial charge in [-0.3, -0.25) is 19.3 Å². The van der Waals surface area contributed by atoms with Crippen LogP contribution in [0.3, 0.4) is 0 Å². The zero-order valence-electron chi connectivity index (χ0n) is 10.3. The first kappa shape index (κ1) is 13.7. The lowest BCUT2D eigenvalue weighted by Gasteiger charge is -2.25. The monoisotopic (exact) mass is 287 g/mol. The van der Waals surface area contributed by atoms with Crippen LogP contribution in [0.2, 0.25) is 0 Å². The van der Waals surface area contributed by atoms with Crippen molar-refractivity contribution >= 4 is 28.0 Å². The minimum Gasteiger partial charge on any atom is -0.297 e. The first-order valence-electron chi connectivity index (χ1n) is 5.77. The number of nitrogen functional groups attached to an aromatic ring is 1. The number of rotatable bonds is 3. The van der Waals surface area contributed by atoms with E-state index in [0.717, 1.165) is 41.6 Å². The van der Waals surface area contributed by atoms with Crippen molar-refractivity contribution in [2.45, 2.75) is 13.5 Å². The number of nitrogens with zero attached hydrogens (tertiary/aromatic N) is 1. The topological polar surface area (TPSA) is 75.4 Å². The van der Waals surface area contributed by atoms with Gasteiger partial charge in [0.05, 0.1) is 4.88 Å². The molecule has 0 aliphatic carbocycles. The van der Waals surface area contributed by atoms with E-state index < -0.39 is 10.8 Å². The van der Waals surface area contributed by atoms with E-state index in [9.17, 15) is 9.00 Å². The summed E-state index contributed by atoms with van der Waals surface area (Å²) < 4.78 is 11.3. The number of hydrazine groups is 1. The molecular weight excluding hydrogens is 270 g/mol. The van der Waals surface area contributed by atoms with Gasteiger partial charge in [-0.1, -0.05) is 0 Å². The molecule has 1 fully saturated rings. The zero-order valence-corrected chi connectivity index (χ0v) is 11.9. The summed E-state index contributed by atoms with van der Waals surface area (Å²) >= 11 is 1.46. The lowest BCUT2D eigenvalue weighted by molar-refractivity contribution is 0.0957. The molecule has 0 atom stereocenters. The Morgan fingerprint density at radius 1 is 1.56 bits per heavy atom. The first-order valence-corrected chi connectivity index (χ1v) is 8.08. The van der Waals surface area contributed by atoms with Crippen LogP contribution in [0.4, 0.5) is 0 Å². The zero-order chi connectivity index (χ0) is 13.1.